The molecule has 0 N–H and O–H groups in total. The summed E-state index contributed by atoms with van der Waals surface area (Å²) >= 11 is 0. The Labute approximate surface area is 88.1 Å². The van der Waals surface area contributed by atoms with Crippen LogP contribution in [0.2, 0.25) is 0 Å². The van der Waals surface area contributed by atoms with E-state index in [-0.39, 0.29) is 16.7 Å². The summed E-state index contributed by atoms with van der Waals surface area (Å²) in [4.78, 5) is 10.5. The zero-order valence-electron chi connectivity index (χ0n) is 9.03. The second kappa shape index (κ2) is 3.96. The number of nitro groups is 1. The zero-order chi connectivity index (χ0) is 11.6. The molecule has 0 aliphatic carbocycles. The fourth-order valence-corrected chi connectivity index (χ4v) is 1.34. The van der Waals surface area contributed by atoms with Gasteiger partial charge in [0.15, 0.2) is 0 Å². The van der Waals surface area contributed by atoms with Gasteiger partial charge in [-0.1, -0.05) is 19.1 Å². The zero-order valence-corrected chi connectivity index (χ0v) is 9.03. The Morgan fingerprint density at radius 1 is 1.47 bits per heavy atom. The molecule has 1 aromatic rings. The predicted octanol–water partition coefficient (Wildman–Crippen LogP) is 2.98. The molecule has 0 aliphatic heterocycles. The number of hydrogen-bond acceptors (Lipinski definition) is 2. The van der Waals surface area contributed by atoms with Crippen molar-refractivity contribution in [2.75, 3.05) is 0 Å². The highest BCUT2D eigenvalue weighted by Crippen LogP contribution is 2.30. The van der Waals surface area contributed by atoms with E-state index in [1.54, 1.807) is 32.9 Å². The van der Waals surface area contributed by atoms with Crippen molar-refractivity contribution in [3.8, 4) is 0 Å². The molecule has 4 heteroatoms. The van der Waals surface area contributed by atoms with Crippen molar-refractivity contribution in [2.24, 2.45) is 0 Å². The number of rotatable bonds is 3. The maximum atomic E-state index is 12.9. The first-order valence-electron chi connectivity index (χ1n) is 4.75. The summed E-state index contributed by atoms with van der Waals surface area (Å²) in [6, 6.07) is 5.95. The van der Waals surface area contributed by atoms with Crippen LogP contribution in [0, 0.1) is 15.9 Å². The molecule has 1 unspecified atom stereocenters. The summed E-state index contributed by atoms with van der Waals surface area (Å²) in [6.07, 6.45) is 0. The van der Waals surface area contributed by atoms with Gasteiger partial charge in [-0.05, 0) is 17.7 Å². The molecule has 0 bridgehead atoms. The molecule has 1 atom stereocenters. The van der Waals surface area contributed by atoms with Gasteiger partial charge in [0.1, 0.15) is 5.82 Å². The maximum Gasteiger partial charge on any atom is 0.223 e. The molecule has 0 aliphatic rings. The lowest BCUT2D eigenvalue weighted by molar-refractivity contribution is -0.564. The first-order valence-corrected chi connectivity index (χ1v) is 4.75. The lowest BCUT2D eigenvalue weighted by Crippen LogP contribution is -2.36. The molecule has 0 amide bonds. The van der Waals surface area contributed by atoms with Crippen LogP contribution in [0.3, 0.4) is 0 Å². The van der Waals surface area contributed by atoms with E-state index in [0.717, 1.165) is 0 Å². The van der Waals surface area contributed by atoms with Gasteiger partial charge in [-0.15, -0.1) is 0 Å². The number of benzene rings is 1. The fourth-order valence-electron chi connectivity index (χ4n) is 1.34. The van der Waals surface area contributed by atoms with E-state index >= 15 is 0 Å². The SMILES string of the molecule is CC(c1cccc(F)c1)C(C)(C)[N+](=O)[O-]. The highest BCUT2D eigenvalue weighted by Gasteiger charge is 2.38. The number of nitrogens with zero attached hydrogens (tertiary/aromatic N) is 1. The van der Waals surface area contributed by atoms with Crippen molar-refractivity contribution in [1.29, 1.82) is 0 Å². The Kier molecular flexibility index (Phi) is 3.07. The minimum atomic E-state index is -1.09. The Bertz CT molecular complexity index is 377. The van der Waals surface area contributed by atoms with E-state index in [2.05, 4.69) is 0 Å². The van der Waals surface area contributed by atoms with Crippen molar-refractivity contribution in [3.63, 3.8) is 0 Å². The quantitative estimate of drug-likeness (QED) is 0.569. The average Bonchev–Trinajstić information content (AvgIpc) is 2.16. The summed E-state index contributed by atoms with van der Waals surface area (Å²) in [5.41, 5.74) is -0.440. The van der Waals surface area contributed by atoms with E-state index < -0.39 is 5.54 Å². The normalized spacial score (nSPS) is 13.6. The molecule has 0 fully saturated rings. The summed E-state index contributed by atoms with van der Waals surface area (Å²) in [5.74, 6) is -0.693. The van der Waals surface area contributed by atoms with Gasteiger partial charge in [0.05, 0.1) is 5.92 Å². The lowest BCUT2D eigenvalue weighted by atomic mass is 9.84. The standard InChI is InChI=1S/C11H14FNO2/c1-8(11(2,3)13(14)15)9-5-4-6-10(12)7-9/h4-8H,1-3H3. The van der Waals surface area contributed by atoms with Crippen LogP contribution in [0.4, 0.5) is 4.39 Å². The van der Waals surface area contributed by atoms with Crippen LogP contribution in [0.25, 0.3) is 0 Å². The minimum Gasteiger partial charge on any atom is -0.264 e. The third-order valence-electron chi connectivity index (χ3n) is 2.88. The van der Waals surface area contributed by atoms with Gasteiger partial charge in [0, 0.05) is 18.8 Å². The maximum absolute atomic E-state index is 12.9. The van der Waals surface area contributed by atoms with Crippen LogP contribution >= 0.6 is 0 Å². The van der Waals surface area contributed by atoms with Crippen molar-refractivity contribution < 1.29 is 9.31 Å². The molecule has 3 nitrogen and oxygen atoms in total. The van der Waals surface area contributed by atoms with Crippen LogP contribution < -0.4 is 0 Å². The topological polar surface area (TPSA) is 43.1 Å². The van der Waals surface area contributed by atoms with Gasteiger partial charge >= 0.3 is 0 Å². The second-order valence-electron chi connectivity index (χ2n) is 4.19. The van der Waals surface area contributed by atoms with Crippen LogP contribution in [0.5, 0.6) is 0 Å². The first-order chi connectivity index (χ1) is 6.85. The molecule has 0 saturated carbocycles. The molecule has 0 aromatic heterocycles. The molecule has 0 spiro atoms. The molecule has 82 valence electrons. The third-order valence-corrected chi connectivity index (χ3v) is 2.88. The smallest absolute Gasteiger partial charge is 0.223 e. The largest absolute Gasteiger partial charge is 0.264 e. The molecular formula is C11H14FNO2. The van der Waals surface area contributed by atoms with Crippen molar-refractivity contribution in [3.05, 3.63) is 45.8 Å². The van der Waals surface area contributed by atoms with Crippen LogP contribution in [-0.2, 0) is 0 Å². The Morgan fingerprint density at radius 2 is 2.07 bits per heavy atom. The minimum absolute atomic E-state index is 0.330. The molecule has 15 heavy (non-hydrogen) atoms. The molecule has 1 rings (SSSR count). The lowest BCUT2D eigenvalue weighted by Gasteiger charge is -2.23. The summed E-state index contributed by atoms with van der Waals surface area (Å²) in [5, 5.41) is 10.8. The predicted molar refractivity (Wildman–Crippen MR) is 55.9 cm³/mol. The van der Waals surface area contributed by atoms with Crippen LogP contribution in [-0.4, -0.2) is 10.5 Å². The third kappa shape index (κ3) is 2.32. The van der Waals surface area contributed by atoms with Crippen molar-refractivity contribution in [2.45, 2.75) is 32.2 Å². The monoisotopic (exact) mass is 211 g/mol. The Morgan fingerprint density at radius 3 is 2.53 bits per heavy atom. The Balaban J connectivity index is 3.04. The van der Waals surface area contributed by atoms with Gasteiger partial charge in [-0.3, -0.25) is 10.1 Å². The number of hydrogen-bond donors (Lipinski definition) is 0. The van der Waals surface area contributed by atoms with Gasteiger partial charge in [-0.25, -0.2) is 4.39 Å². The molecular weight excluding hydrogens is 197 g/mol. The molecule has 0 saturated heterocycles. The van der Waals surface area contributed by atoms with Crippen molar-refractivity contribution >= 4 is 0 Å². The van der Waals surface area contributed by atoms with E-state index in [1.807, 2.05) is 0 Å². The van der Waals surface area contributed by atoms with Crippen molar-refractivity contribution in [1.82, 2.24) is 0 Å². The van der Waals surface area contributed by atoms with Gasteiger partial charge in [0.25, 0.3) is 0 Å². The average molecular weight is 211 g/mol. The summed E-state index contributed by atoms with van der Waals surface area (Å²) in [7, 11) is 0. The fraction of sp³-hybridized carbons (Fsp3) is 0.455. The Hall–Kier alpha value is -1.45. The first kappa shape index (κ1) is 11.6. The number of halogens is 1. The van der Waals surface area contributed by atoms with Gasteiger partial charge < -0.3 is 0 Å². The summed E-state index contributed by atoms with van der Waals surface area (Å²) < 4.78 is 12.9. The molecule has 0 heterocycles. The highest BCUT2D eigenvalue weighted by atomic mass is 19.1. The molecule has 0 radical (unpaired) electrons. The van der Waals surface area contributed by atoms with E-state index in [1.165, 1.54) is 12.1 Å². The van der Waals surface area contributed by atoms with E-state index in [4.69, 9.17) is 0 Å². The highest BCUT2D eigenvalue weighted by molar-refractivity contribution is 5.22. The van der Waals surface area contributed by atoms with Crippen LogP contribution in [0.15, 0.2) is 24.3 Å². The van der Waals surface area contributed by atoms with E-state index in [0.29, 0.717) is 5.56 Å². The second-order valence-corrected chi connectivity index (χ2v) is 4.19. The van der Waals surface area contributed by atoms with Gasteiger partial charge in [0.2, 0.25) is 5.54 Å². The molecule has 1 aromatic carbocycles. The summed E-state index contributed by atoms with van der Waals surface area (Å²) in [6.45, 7) is 4.82. The van der Waals surface area contributed by atoms with E-state index in [9.17, 15) is 14.5 Å². The van der Waals surface area contributed by atoms with Gasteiger partial charge in [-0.2, -0.15) is 0 Å². The van der Waals surface area contributed by atoms with Crippen LogP contribution in [0.1, 0.15) is 32.3 Å².